The third kappa shape index (κ3) is 3.89. The van der Waals surface area contributed by atoms with Crippen LogP contribution in [0.1, 0.15) is 36.9 Å². The van der Waals surface area contributed by atoms with Crippen molar-refractivity contribution in [1.29, 1.82) is 0 Å². The Balaban J connectivity index is 2.05. The molecule has 2 aromatic rings. The second kappa shape index (κ2) is 7.78. The van der Waals surface area contributed by atoms with Crippen molar-refractivity contribution in [2.75, 3.05) is 6.61 Å². The number of halogens is 1. The maximum absolute atomic E-state index is 13.4. The van der Waals surface area contributed by atoms with E-state index in [1.165, 1.54) is 28.6 Å². The molecule has 0 amide bonds. The molecule has 0 aromatic heterocycles. The van der Waals surface area contributed by atoms with Crippen molar-refractivity contribution >= 4 is 16.0 Å². The number of hydrogen-bond acceptors (Lipinski definition) is 4. The first-order chi connectivity index (χ1) is 12.8. The van der Waals surface area contributed by atoms with Crippen LogP contribution in [0.2, 0.25) is 0 Å². The van der Waals surface area contributed by atoms with E-state index in [-0.39, 0.29) is 11.5 Å². The van der Waals surface area contributed by atoms with Crippen LogP contribution in [0.25, 0.3) is 0 Å². The fourth-order valence-corrected chi connectivity index (χ4v) is 5.23. The number of ether oxygens (including phenoxy) is 1. The van der Waals surface area contributed by atoms with E-state index >= 15 is 0 Å². The van der Waals surface area contributed by atoms with Gasteiger partial charge < -0.3 is 4.74 Å². The highest BCUT2D eigenvalue weighted by molar-refractivity contribution is 7.89. The minimum atomic E-state index is -3.94. The molecule has 0 saturated carbocycles. The standard InChI is InChI=1S/C20H22FNO4S/c1-3-26-20(23)19-13-12-18(15-6-8-16(21)9-7-15)22(19)27(24,25)17-10-4-14(2)5-11-17/h4-11,18-19H,3,12-13H2,1-2H3/t18-,19?/m0/s1. The molecule has 2 atom stereocenters. The van der Waals surface area contributed by atoms with Crippen LogP contribution < -0.4 is 0 Å². The molecule has 0 radical (unpaired) electrons. The van der Waals surface area contributed by atoms with E-state index < -0.39 is 33.9 Å². The number of aryl methyl sites for hydroxylation is 1. The van der Waals surface area contributed by atoms with Gasteiger partial charge in [0.05, 0.1) is 17.5 Å². The van der Waals surface area contributed by atoms with Crippen molar-refractivity contribution in [1.82, 2.24) is 4.31 Å². The van der Waals surface area contributed by atoms with E-state index in [2.05, 4.69) is 0 Å². The van der Waals surface area contributed by atoms with Gasteiger partial charge in [-0.15, -0.1) is 0 Å². The molecule has 0 bridgehead atoms. The van der Waals surface area contributed by atoms with Crippen LogP contribution in [0.5, 0.6) is 0 Å². The second-order valence-electron chi connectivity index (χ2n) is 6.56. The van der Waals surface area contributed by atoms with Gasteiger partial charge in [-0.05, 0) is 56.5 Å². The quantitative estimate of drug-likeness (QED) is 0.731. The van der Waals surface area contributed by atoms with Gasteiger partial charge in [-0.1, -0.05) is 29.8 Å². The fourth-order valence-electron chi connectivity index (χ4n) is 3.41. The van der Waals surface area contributed by atoms with Crippen LogP contribution in [0.4, 0.5) is 4.39 Å². The largest absolute Gasteiger partial charge is 0.465 e. The minimum absolute atomic E-state index is 0.122. The lowest BCUT2D eigenvalue weighted by Crippen LogP contribution is -2.42. The Kier molecular flexibility index (Phi) is 5.62. The molecule has 1 aliphatic heterocycles. The molecule has 7 heteroatoms. The molecule has 0 N–H and O–H groups in total. The van der Waals surface area contributed by atoms with Crippen molar-refractivity contribution in [2.24, 2.45) is 0 Å². The summed E-state index contributed by atoms with van der Waals surface area (Å²) >= 11 is 0. The summed E-state index contributed by atoms with van der Waals surface area (Å²) in [6.45, 7) is 3.73. The Morgan fingerprint density at radius 3 is 2.33 bits per heavy atom. The normalized spacial score (nSPS) is 20.6. The summed E-state index contributed by atoms with van der Waals surface area (Å²) in [5.74, 6) is -0.954. The van der Waals surface area contributed by atoms with E-state index in [4.69, 9.17) is 4.74 Å². The number of carbonyl (C=O) groups excluding carboxylic acids is 1. The van der Waals surface area contributed by atoms with E-state index in [9.17, 15) is 17.6 Å². The summed E-state index contributed by atoms with van der Waals surface area (Å²) in [6, 6.07) is 10.8. The lowest BCUT2D eigenvalue weighted by molar-refractivity contribution is -0.147. The Hall–Kier alpha value is -2.25. The molecule has 1 aliphatic rings. The summed E-state index contributed by atoms with van der Waals surface area (Å²) in [5, 5.41) is 0. The Labute approximate surface area is 158 Å². The molecule has 144 valence electrons. The van der Waals surface area contributed by atoms with Gasteiger partial charge >= 0.3 is 5.97 Å². The third-order valence-corrected chi connectivity index (χ3v) is 6.67. The number of rotatable bonds is 5. The molecule has 1 unspecified atom stereocenters. The SMILES string of the molecule is CCOC(=O)C1CC[C@@H](c2ccc(F)cc2)N1S(=O)(=O)c1ccc(C)cc1. The van der Waals surface area contributed by atoms with Gasteiger partial charge in [0.15, 0.2) is 0 Å². The average molecular weight is 391 g/mol. The number of esters is 1. The summed E-state index contributed by atoms with van der Waals surface area (Å²) in [4.78, 5) is 12.6. The van der Waals surface area contributed by atoms with Crippen molar-refractivity contribution < 1.29 is 22.3 Å². The van der Waals surface area contributed by atoms with Crippen LogP contribution in [0.15, 0.2) is 53.4 Å². The highest BCUT2D eigenvalue weighted by atomic mass is 32.2. The van der Waals surface area contributed by atoms with Gasteiger partial charge in [-0.25, -0.2) is 12.8 Å². The lowest BCUT2D eigenvalue weighted by atomic mass is 10.1. The topological polar surface area (TPSA) is 63.7 Å². The first kappa shape index (κ1) is 19.5. The van der Waals surface area contributed by atoms with E-state index in [1.54, 1.807) is 31.2 Å². The smallest absolute Gasteiger partial charge is 0.324 e. The zero-order valence-corrected chi connectivity index (χ0v) is 16.1. The van der Waals surface area contributed by atoms with E-state index in [1.807, 2.05) is 6.92 Å². The van der Waals surface area contributed by atoms with E-state index in [0.717, 1.165) is 5.56 Å². The molecule has 1 heterocycles. The molecule has 3 rings (SSSR count). The molecule has 5 nitrogen and oxygen atoms in total. The van der Waals surface area contributed by atoms with Gasteiger partial charge in [-0.2, -0.15) is 4.31 Å². The summed E-state index contributed by atoms with van der Waals surface area (Å²) in [5.41, 5.74) is 1.59. The Morgan fingerprint density at radius 1 is 1.11 bits per heavy atom. The van der Waals surface area contributed by atoms with Crippen molar-refractivity contribution in [3.8, 4) is 0 Å². The van der Waals surface area contributed by atoms with Gasteiger partial charge in [0, 0.05) is 0 Å². The van der Waals surface area contributed by atoms with Gasteiger partial charge in [0.25, 0.3) is 0 Å². The summed E-state index contributed by atoms with van der Waals surface area (Å²) in [6.07, 6.45) is 0.812. The zero-order chi connectivity index (χ0) is 19.6. The fraction of sp³-hybridized carbons (Fsp3) is 0.350. The third-order valence-electron chi connectivity index (χ3n) is 4.74. The first-order valence-corrected chi connectivity index (χ1v) is 10.3. The number of sulfonamides is 1. The maximum Gasteiger partial charge on any atom is 0.324 e. The van der Waals surface area contributed by atoms with Crippen LogP contribution in [0, 0.1) is 12.7 Å². The molecule has 2 aromatic carbocycles. The Morgan fingerprint density at radius 2 is 1.74 bits per heavy atom. The highest BCUT2D eigenvalue weighted by Gasteiger charge is 2.46. The predicted molar refractivity (Wildman–Crippen MR) is 99.0 cm³/mol. The Bertz CT molecular complexity index is 910. The van der Waals surface area contributed by atoms with Crippen molar-refractivity contribution in [2.45, 2.75) is 43.7 Å². The lowest BCUT2D eigenvalue weighted by Gasteiger charge is -2.28. The monoisotopic (exact) mass is 391 g/mol. The molecule has 27 heavy (non-hydrogen) atoms. The molecule has 1 fully saturated rings. The van der Waals surface area contributed by atoms with Crippen molar-refractivity contribution in [3.05, 3.63) is 65.5 Å². The van der Waals surface area contributed by atoms with Crippen molar-refractivity contribution in [3.63, 3.8) is 0 Å². The number of carbonyl (C=O) groups is 1. The average Bonchev–Trinajstić information content (AvgIpc) is 3.09. The summed E-state index contributed by atoms with van der Waals surface area (Å²) < 4.78 is 46.4. The molecule has 0 aliphatic carbocycles. The molecule has 0 spiro atoms. The summed E-state index contributed by atoms with van der Waals surface area (Å²) in [7, 11) is -3.94. The molecule has 1 saturated heterocycles. The highest BCUT2D eigenvalue weighted by Crippen LogP contribution is 2.41. The van der Waals surface area contributed by atoms with Gasteiger partial charge in [-0.3, -0.25) is 4.79 Å². The molecular weight excluding hydrogens is 369 g/mol. The number of benzene rings is 2. The van der Waals surface area contributed by atoms with Gasteiger partial charge in [0.2, 0.25) is 10.0 Å². The second-order valence-corrected chi connectivity index (χ2v) is 8.40. The minimum Gasteiger partial charge on any atom is -0.465 e. The van der Waals surface area contributed by atoms with Crippen LogP contribution >= 0.6 is 0 Å². The van der Waals surface area contributed by atoms with Crippen LogP contribution in [0.3, 0.4) is 0 Å². The van der Waals surface area contributed by atoms with Gasteiger partial charge in [0.1, 0.15) is 11.9 Å². The van der Waals surface area contributed by atoms with E-state index in [0.29, 0.717) is 18.4 Å². The maximum atomic E-state index is 13.4. The van der Waals surface area contributed by atoms with Crippen LogP contribution in [-0.2, 0) is 19.6 Å². The zero-order valence-electron chi connectivity index (χ0n) is 15.3. The van der Waals surface area contributed by atoms with Crippen LogP contribution in [-0.4, -0.2) is 31.3 Å². The number of hydrogen-bond donors (Lipinski definition) is 0. The molecular formula is C20H22FNO4S. The number of nitrogens with zero attached hydrogens (tertiary/aromatic N) is 1. The predicted octanol–water partition coefficient (Wildman–Crippen LogP) is 3.59. The first-order valence-electron chi connectivity index (χ1n) is 8.87.